The number of anilines is 1. The Kier molecular flexibility index (Phi) is 4.21. The Bertz CT molecular complexity index is 646. The van der Waals surface area contributed by atoms with Crippen LogP contribution in [0.2, 0.25) is 0 Å². The second-order valence-electron chi connectivity index (χ2n) is 3.33. The number of rotatable bonds is 3. The van der Waals surface area contributed by atoms with Gasteiger partial charge in [-0.05, 0) is 42.0 Å². The van der Waals surface area contributed by atoms with E-state index in [-0.39, 0.29) is 5.75 Å². The van der Waals surface area contributed by atoms with Gasteiger partial charge in [-0.15, -0.1) is 5.10 Å². The number of H-pyrrole nitrogens is 1. The Labute approximate surface area is 117 Å². The number of phenols is 1. The van der Waals surface area contributed by atoms with Crippen LogP contribution in [0.1, 0.15) is 5.56 Å². The second kappa shape index (κ2) is 6.07. The third kappa shape index (κ3) is 4.16. The van der Waals surface area contributed by atoms with Crippen molar-refractivity contribution in [2.24, 2.45) is 5.10 Å². The summed E-state index contributed by atoms with van der Waals surface area (Å²) in [6.45, 7) is 0. The Hall–Kier alpha value is -2.26. The average molecular weight is 295 g/mol. The molecule has 0 radical (unpaired) electrons. The van der Waals surface area contributed by atoms with E-state index in [1.165, 1.54) is 18.3 Å². The maximum Gasteiger partial charge on any atom is 0.341 e. The number of hydrogen-bond donors (Lipinski definition) is 4. The maximum atomic E-state index is 11.4. The van der Waals surface area contributed by atoms with Crippen LogP contribution in [0.3, 0.4) is 0 Å². The highest BCUT2D eigenvalue weighted by Gasteiger charge is 2.02. The van der Waals surface area contributed by atoms with E-state index < -0.39 is 6.03 Å². The molecule has 0 aliphatic rings. The molecule has 19 heavy (non-hydrogen) atoms. The first-order chi connectivity index (χ1) is 9.13. The van der Waals surface area contributed by atoms with Crippen LogP contribution in [0.4, 0.5) is 9.93 Å². The molecule has 0 saturated carbocycles. The molecule has 7 nitrogen and oxygen atoms in total. The highest BCUT2D eigenvalue weighted by atomic mass is 32.1. The van der Waals surface area contributed by atoms with Gasteiger partial charge < -0.3 is 5.11 Å². The quantitative estimate of drug-likeness (QED) is 0.395. The molecule has 0 bridgehead atoms. The first-order valence-corrected chi connectivity index (χ1v) is 6.30. The fraction of sp³-hybridized carbons (Fsp3) is 0. The topological polar surface area (TPSA) is 102 Å². The summed E-state index contributed by atoms with van der Waals surface area (Å²) in [6, 6.07) is 5.86. The van der Waals surface area contributed by atoms with Gasteiger partial charge in [0.25, 0.3) is 0 Å². The monoisotopic (exact) mass is 295 g/mol. The Morgan fingerprint density at radius 2 is 2.21 bits per heavy atom. The third-order valence-corrected chi connectivity index (χ3v) is 2.94. The molecule has 0 atom stereocenters. The molecule has 0 aliphatic heterocycles. The van der Waals surface area contributed by atoms with Crippen molar-refractivity contribution in [1.29, 1.82) is 0 Å². The number of urea groups is 1. The Morgan fingerprint density at radius 3 is 2.84 bits per heavy atom. The van der Waals surface area contributed by atoms with Crippen LogP contribution in [-0.2, 0) is 0 Å². The number of aromatic hydroxyl groups is 1. The molecule has 0 saturated heterocycles. The standard InChI is InChI=1S/C10H9N5O2S2/c16-7-3-1-6(2-4-7)5-11-13-8(17)12-9-14-15-10(18)19-9/h1-5,16H,(H,15,18)(H2,12,13,14,17)/b11-5+. The van der Waals surface area contributed by atoms with Crippen LogP contribution in [0.15, 0.2) is 29.4 Å². The summed E-state index contributed by atoms with van der Waals surface area (Å²) in [5.74, 6) is 0.169. The number of carbonyl (C=O) groups excluding carboxylic acids is 1. The minimum Gasteiger partial charge on any atom is -0.508 e. The zero-order chi connectivity index (χ0) is 13.7. The van der Waals surface area contributed by atoms with Gasteiger partial charge in [0, 0.05) is 0 Å². The number of nitrogens with one attached hydrogen (secondary N) is 3. The van der Waals surface area contributed by atoms with Crippen LogP contribution < -0.4 is 10.7 Å². The maximum absolute atomic E-state index is 11.4. The fourth-order valence-electron chi connectivity index (χ4n) is 1.13. The van der Waals surface area contributed by atoms with Gasteiger partial charge in [-0.25, -0.2) is 10.2 Å². The number of phenolic OH excluding ortho intramolecular Hbond substituents is 1. The number of amides is 2. The first-order valence-electron chi connectivity index (χ1n) is 5.08. The lowest BCUT2D eigenvalue weighted by Gasteiger charge is -1.98. The van der Waals surface area contributed by atoms with Gasteiger partial charge >= 0.3 is 6.03 Å². The average Bonchev–Trinajstić information content (AvgIpc) is 2.77. The number of aromatic amines is 1. The van der Waals surface area contributed by atoms with Gasteiger partial charge in [0.1, 0.15) is 5.75 Å². The van der Waals surface area contributed by atoms with Crippen molar-refractivity contribution in [1.82, 2.24) is 15.6 Å². The number of aromatic nitrogens is 2. The number of hydrogen-bond acceptors (Lipinski definition) is 6. The first kappa shape index (κ1) is 13.2. The smallest absolute Gasteiger partial charge is 0.341 e. The molecule has 0 spiro atoms. The highest BCUT2D eigenvalue weighted by molar-refractivity contribution is 7.73. The van der Waals surface area contributed by atoms with E-state index in [1.807, 2.05) is 0 Å². The minimum atomic E-state index is -0.521. The molecule has 1 heterocycles. The number of nitrogens with zero attached hydrogens (tertiary/aromatic N) is 2. The van der Waals surface area contributed by atoms with Gasteiger partial charge in [0.2, 0.25) is 5.13 Å². The zero-order valence-electron chi connectivity index (χ0n) is 9.45. The summed E-state index contributed by atoms with van der Waals surface area (Å²) in [5, 5.41) is 22.0. The van der Waals surface area contributed by atoms with E-state index >= 15 is 0 Å². The van der Waals surface area contributed by atoms with E-state index in [9.17, 15) is 4.79 Å². The number of carbonyl (C=O) groups is 1. The highest BCUT2D eigenvalue weighted by Crippen LogP contribution is 2.10. The summed E-state index contributed by atoms with van der Waals surface area (Å²) >= 11 is 5.97. The predicted molar refractivity (Wildman–Crippen MR) is 75.2 cm³/mol. The molecule has 98 valence electrons. The van der Waals surface area contributed by atoms with E-state index in [4.69, 9.17) is 17.3 Å². The lowest BCUT2D eigenvalue weighted by atomic mass is 10.2. The molecule has 0 fully saturated rings. The van der Waals surface area contributed by atoms with Crippen molar-refractivity contribution in [3.05, 3.63) is 33.8 Å². The summed E-state index contributed by atoms with van der Waals surface area (Å²) < 4.78 is 0.475. The summed E-state index contributed by atoms with van der Waals surface area (Å²) in [5.41, 5.74) is 3.02. The molecule has 2 aromatic rings. The van der Waals surface area contributed by atoms with Crippen molar-refractivity contribution < 1.29 is 9.90 Å². The molecular weight excluding hydrogens is 286 g/mol. The van der Waals surface area contributed by atoms with Gasteiger partial charge in [0.05, 0.1) is 6.21 Å². The number of benzene rings is 1. The van der Waals surface area contributed by atoms with Crippen molar-refractivity contribution in [2.45, 2.75) is 0 Å². The van der Waals surface area contributed by atoms with Gasteiger partial charge in [-0.3, -0.25) is 10.4 Å². The zero-order valence-corrected chi connectivity index (χ0v) is 11.1. The Balaban J connectivity index is 1.86. The molecular formula is C10H9N5O2S2. The lowest BCUT2D eigenvalue weighted by molar-refractivity contribution is 0.252. The summed E-state index contributed by atoms with van der Waals surface area (Å²) in [4.78, 5) is 11.4. The van der Waals surface area contributed by atoms with Crippen LogP contribution in [0.25, 0.3) is 0 Å². The van der Waals surface area contributed by atoms with E-state index in [1.54, 1.807) is 12.1 Å². The Morgan fingerprint density at radius 1 is 1.47 bits per heavy atom. The lowest BCUT2D eigenvalue weighted by Crippen LogP contribution is -2.24. The molecule has 0 unspecified atom stereocenters. The fourth-order valence-corrected chi connectivity index (χ4v) is 1.92. The van der Waals surface area contributed by atoms with Gasteiger partial charge in [-0.2, -0.15) is 5.10 Å². The van der Waals surface area contributed by atoms with E-state index in [0.717, 1.165) is 16.9 Å². The predicted octanol–water partition coefficient (Wildman–Crippen LogP) is 2.06. The molecule has 2 rings (SSSR count). The van der Waals surface area contributed by atoms with Crippen LogP contribution in [0, 0.1) is 3.95 Å². The van der Waals surface area contributed by atoms with Crippen molar-refractivity contribution in [2.75, 3.05) is 5.32 Å². The molecule has 0 aliphatic carbocycles. The van der Waals surface area contributed by atoms with Gasteiger partial charge in [-0.1, -0.05) is 11.3 Å². The molecule has 9 heteroatoms. The van der Waals surface area contributed by atoms with Crippen LogP contribution in [0.5, 0.6) is 5.75 Å². The largest absolute Gasteiger partial charge is 0.508 e. The number of hydrazone groups is 1. The second-order valence-corrected chi connectivity index (χ2v) is 5.00. The normalized spacial score (nSPS) is 10.5. The molecule has 1 aromatic heterocycles. The van der Waals surface area contributed by atoms with Crippen molar-refractivity contribution in [3.8, 4) is 5.75 Å². The van der Waals surface area contributed by atoms with Crippen molar-refractivity contribution >= 4 is 40.9 Å². The molecule has 4 N–H and O–H groups in total. The molecule has 2 amide bonds. The summed E-state index contributed by atoms with van der Waals surface area (Å²) in [6.07, 6.45) is 1.45. The van der Waals surface area contributed by atoms with E-state index in [0.29, 0.717) is 9.09 Å². The minimum absolute atomic E-state index is 0.169. The van der Waals surface area contributed by atoms with Crippen LogP contribution >= 0.6 is 23.6 Å². The molecule has 1 aromatic carbocycles. The van der Waals surface area contributed by atoms with Crippen LogP contribution in [-0.4, -0.2) is 27.5 Å². The SMILES string of the molecule is O=C(N/N=C/c1ccc(O)cc1)Nc1n[nH]c(=S)s1. The summed E-state index contributed by atoms with van der Waals surface area (Å²) in [7, 11) is 0. The van der Waals surface area contributed by atoms with E-state index in [2.05, 4.69) is 26.0 Å². The van der Waals surface area contributed by atoms with Crippen molar-refractivity contribution in [3.63, 3.8) is 0 Å². The van der Waals surface area contributed by atoms with Gasteiger partial charge in [0.15, 0.2) is 3.95 Å². The third-order valence-electron chi connectivity index (χ3n) is 1.93.